The monoisotopic (exact) mass is 1510 g/mol. The van der Waals surface area contributed by atoms with Crippen molar-refractivity contribution in [2.75, 3.05) is 39.6 Å². The number of esters is 4. The van der Waals surface area contributed by atoms with Crippen molar-refractivity contribution in [3.8, 4) is 0 Å². The highest BCUT2D eigenvalue weighted by atomic mass is 31.2. The molecule has 0 aromatic carbocycles. The van der Waals surface area contributed by atoms with Crippen LogP contribution in [0.3, 0.4) is 0 Å². The van der Waals surface area contributed by atoms with Gasteiger partial charge < -0.3 is 33.8 Å². The van der Waals surface area contributed by atoms with Gasteiger partial charge in [0.15, 0.2) is 12.2 Å². The number of carbonyl (C=O) groups excluding carboxylic acids is 4. The second-order valence-corrected chi connectivity index (χ2v) is 33.1. The molecule has 0 bridgehead atoms. The van der Waals surface area contributed by atoms with E-state index in [-0.39, 0.29) is 25.7 Å². The molecule has 3 N–H and O–H groups in total. The summed E-state index contributed by atoms with van der Waals surface area (Å²) in [5.74, 6) is -2.11. The van der Waals surface area contributed by atoms with E-state index in [1.54, 1.807) is 0 Å². The minimum Gasteiger partial charge on any atom is -0.462 e. The molecular weight excluding hydrogens is 1340 g/mol. The topological polar surface area (TPSA) is 237 Å². The van der Waals surface area contributed by atoms with Gasteiger partial charge in [-0.15, -0.1) is 0 Å². The van der Waals surface area contributed by atoms with Crippen LogP contribution in [0.15, 0.2) is 0 Å². The first kappa shape index (κ1) is 101. The lowest BCUT2D eigenvalue weighted by atomic mass is 10.0. The highest BCUT2D eigenvalue weighted by Crippen LogP contribution is 2.45. The number of aliphatic hydroxyl groups is 1. The van der Waals surface area contributed by atoms with Crippen molar-refractivity contribution < 1.29 is 80.2 Å². The normalized spacial score (nSPS) is 13.7. The molecule has 0 aliphatic rings. The molecule has 0 aromatic heterocycles. The lowest BCUT2D eigenvalue weighted by Gasteiger charge is -2.21. The van der Waals surface area contributed by atoms with Gasteiger partial charge in [0.1, 0.15) is 19.3 Å². The third kappa shape index (κ3) is 78.0. The van der Waals surface area contributed by atoms with Gasteiger partial charge in [-0.25, -0.2) is 9.13 Å². The molecule has 0 aliphatic carbocycles. The Morgan fingerprint density at radius 3 is 0.573 bits per heavy atom. The molecule has 0 saturated carbocycles. The van der Waals surface area contributed by atoms with Crippen LogP contribution >= 0.6 is 15.6 Å². The first-order valence-corrected chi connectivity index (χ1v) is 46.8. The number of unbranched alkanes of at least 4 members (excludes halogenated alkanes) is 59. The molecule has 0 spiro atoms. The van der Waals surface area contributed by atoms with Crippen LogP contribution in [-0.2, 0) is 65.4 Å². The van der Waals surface area contributed by atoms with Crippen LogP contribution in [0.25, 0.3) is 0 Å². The van der Waals surface area contributed by atoms with Crippen molar-refractivity contribution in [3.63, 3.8) is 0 Å². The van der Waals surface area contributed by atoms with E-state index in [9.17, 15) is 43.2 Å². The molecule has 17 nitrogen and oxygen atoms in total. The summed E-state index contributed by atoms with van der Waals surface area (Å²) in [6.07, 6.45) is 72.8. The molecule has 0 heterocycles. The molecule has 0 amide bonds. The average molecular weight is 1510 g/mol. The summed E-state index contributed by atoms with van der Waals surface area (Å²) in [5.41, 5.74) is 0. The Hall–Kier alpha value is -1.94. The van der Waals surface area contributed by atoms with Gasteiger partial charge in [0.2, 0.25) is 0 Å². The van der Waals surface area contributed by atoms with Crippen LogP contribution in [0.2, 0.25) is 0 Å². The molecule has 103 heavy (non-hydrogen) atoms. The summed E-state index contributed by atoms with van der Waals surface area (Å²) < 4.78 is 68.6. The van der Waals surface area contributed by atoms with Gasteiger partial charge in [-0.3, -0.25) is 37.3 Å². The molecule has 5 atom stereocenters. The van der Waals surface area contributed by atoms with Gasteiger partial charge in [0.25, 0.3) is 0 Å². The fraction of sp³-hybridized carbons (Fsp3) is 0.952. The van der Waals surface area contributed by atoms with E-state index in [0.717, 1.165) is 96.3 Å². The van der Waals surface area contributed by atoms with Crippen molar-refractivity contribution in [1.29, 1.82) is 0 Å². The van der Waals surface area contributed by atoms with Crippen molar-refractivity contribution in [3.05, 3.63) is 0 Å². The van der Waals surface area contributed by atoms with Gasteiger partial charge in [-0.05, 0) is 25.7 Å². The predicted molar refractivity (Wildman–Crippen MR) is 423 cm³/mol. The molecule has 0 aromatic rings. The summed E-state index contributed by atoms with van der Waals surface area (Å²) in [5, 5.41) is 10.6. The van der Waals surface area contributed by atoms with E-state index >= 15 is 0 Å². The van der Waals surface area contributed by atoms with Gasteiger partial charge in [-0.2, -0.15) is 0 Å². The summed E-state index contributed by atoms with van der Waals surface area (Å²) in [4.78, 5) is 72.8. The summed E-state index contributed by atoms with van der Waals surface area (Å²) in [6.45, 7) is 4.95. The van der Waals surface area contributed by atoms with E-state index in [1.807, 2.05) is 0 Å². The minimum atomic E-state index is -4.96. The van der Waals surface area contributed by atoms with Crippen LogP contribution in [-0.4, -0.2) is 96.7 Å². The molecule has 0 aliphatic heterocycles. The number of phosphoric acid groups is 2. The maximum Gasteiger partial charge on any atom is 0.472 e. The molecular formula is C84H164O17P2. The lowest BCUT2D eigenvalue weighted by molar-refractivity contribution is -0.161. The Morgan fingerprint density at radius 1 is 0.233 bits per heavy atom. The molecule has 612 valence electrons. The van der Waals surface area contributed by atoms with Gasteiger partial charge in [0.05, 0.1) is 26.4 Å². The maximum atomic E-state index is 13.1. The van der Waals surface area contributed by atoms with E-state index in [4.69, 9.17) is 37.0 Å². The smallest absolute Gasteiger partial charge is 0.462 e. The number of hydrogen-bond donors (Lipinski definition) is 3. The molecule has 0 rings (SSSR count). The first-order chi connectivity index (χ1) is 50.2. The fourth-order valence-corrected chi connectivity index (χ4v) is 14.7. The Bertz CT molecular complexity index is 1950. The number of rotatable bonds is 85. The second-order valence-electron chi connectivity index (χ2n) is 30.2. The Morgan fingerprint density at radius 2 is 0.388 bits per heavy atom. The zero-order chi connectivity index (χ0) is 75.3. The highest BCUT2D eigenvalue weighted by Gasteiger charge is 2.30. The average Bonchev–Trinajstić information content (AvgIpc) is 0.924. The summed E-state index contributed by atoms with van der Waals surface area (Å²) in [7, 11) is -9.91. The number of hydrogen-bond acceptors (Lipinski definition) is 15. The van der Waals surface area contributed by atoms with Gasteiger partial charge >= 0.3 is 39.5 Å². The summed E-state index contributed by atoms with van der Waals surface area (Å²) >= 11 is 0. The van der Waals surface area contributed by atoms with Crippen LogP contribution < -0.4 is 0 Å². The van der Waals surface area contributed by atoms with Gasteiger partial charge in [0, 0.05) is 25.7 Å². The van der Waals surface area contributed by atoms with Crippen molar-refractivity contribution in [2.45, 2.75) is 476 Å². The maximum absolute atomic E-state index is 13.1. The quantitative estimate of drug-likeness (QED) is 0.0222. The van der Waals surface area contributed by atoms with E-state index in [0.29, 0.717) is 25.7 Å². The number of phosphoric ester groups is 2. The Kier molecular flexibility index (Phi) is 76.7. The SMILES string of the molecule is CCCCCCCCCCCCCCCCCCCCCCCCC(=O)O[C@H](COC(=O)CCCCCCCCCCCCCCCCCCCCCC)COP(=O)(O)OC[C@@H](O)COP(=O)(O)OC[C@@H](COC(=O)CCCCCCC)OC(=O)CCCCCCCCCCCCCCCCCC. The van der Waals surface area contributed by atoms with E-state index < -0.39 is 97.5 Å². The molecule has 0 radical (unpaired) electrons. The zero-order valence-corrected chi connectivity index (χ0v) is 69.1. The van der Waals surface area contributed by atoms with Gasteiger partial charge in [-0.1, -0.05) is 407 Å². The Labute approximate surface area is 632 Å². The van der Waals surface area contributed by atoms with E-state index in [1.165, 1.54) is 283 Å². The first-order valence-electron chi connectivity index (χ1n) is 43.8. The number of aliphatic hydroxyl groups excluding tert-OH is 1. The van der Waals surface area contributed by atoms with Crippen LogP contribution in [0.1, 0.15) is 458 Å². The largest absolute Gasteiger partial charge is 0.472 e. The zero-order valence-electron chi connectivity index (χ0n) is 67.3. The van der Waals surface area contributed by atoms with Crippen molar-refractivity contribution in [1.82, 2.24) is 0 Å². The molecule has 19 heteroatoms. The third-order valence-electron chi connectivity index (χ3n) is 19.9. The van der Waals surface area contributed by atoms with Crippen molar-refractivity contribution in [2.24, 2.45) is 0 Å². The molecule has 0 fully saturated rings. The fourth-order valence-electron chi connectivity index (χ4n) is 13.2. The predicted octanol–water partition coefficient (Wildman–Crippen LogP) is 25.7. The standard InChI is InChI=1S/C84H164O17P2/c1-5-9-13-17-20-23-26-29-32-35-37-39-40-42-44-47-50-53-56-59-63-67-71-84(89)101-80(75-95-82(87)69-65-61-57-54-51-48-46-43-41-38-36-33-30-27-24-21-18-14-10-6-2)77-99-103(92,93)97-73-78(85)72-96-102(90,91)98-76-79(74-94-81(86)68-64-60-16-12-8-4)100-83(88)70-66-62-58-55-52-49-45-34-31-28-25-22-19-15-11-7-3/h78-80,85H,5-77H2,1-4H3,(H,90,91)(H,92,93)/t78-,79+,80+/m0/s1. The van der Waals surface area contributed by atoms with Crippen LogP contribution in [0.5, 0.6) is 0 Å². The van der Waals surface area contributed by atoms with Crippen LogP contribution in [0, 0.1) is 0 Å². The summed E-state index contributed by atoms with van der Waals surface area (Å²) in [6, 6.07) is 0. The highest BCUT2D eigenvalue weighted by molar-refractivity contribution is 7.47. The minimum absolute atomic E-state index is 0.108. The number of carbonyl (C=O) groups is 4. The molecule has 0 saturated heterocycles. The second kappa shape index (κ2) is 78.2. The van der Waals surface area contributed by atoms with Crippen molar-refractivity contribution >= 4 is 39.5 Å². The Balaban J connectivity index is 5.10. The number of ether oxygens (including phenoxy) is 4. The van der Waals surface area contributed by atoms with Crippen LogP contribution in [0.4, 0.5) is 0 Å². The lowest BCUT2D eigenvalue weighted by Crippen LogP contribution is -2.30. The molecule has 2 unspecified atom stereocenters. The van der Waals surface area contributed by atoms with E-state index in [2.05, 4.69) is 27.7 Å². The third-order valence-corrected chi connectivity index (χ3v) is 21.8.